The molecule has 0 radical (unpaired) electrons. The summed E-state index contributed by atoms with van der Waals surface area (Å²) in [6.07, 6.45) is 0. The van der Waals surface area contributed by atoms with E-state index in [4.69, 9.17) is 24.6 Å². The fourth-order valence-corrected chi connectivity index (χ4v) is 0.689. The number of nitro benzene ring substituents is 1. The number of nitro groups is 1. The van der Waals surface area contributed by atoms with Gasteiger partial charge in [-0.1, -0.05) is 11.6 Å². The maximum absolute atomic E-state index is 10.1. The average Bonchev–Trinajstić information content (AvgIpc) is 2.01. The Kier molecular flexibility index (Phi) is 5.51. The molecule has 0 amide bonds. The molecular weight excluding hydrogens is 269 g/mol. The van der Waals surface area contributed by atoms with Gasteiger partial charge >= 0.3 is 9.33 Å². The van der Waals surface area contributed by atoms with Crippen LogP contribution in [0.25, 0.3) is 0 Å². The molecule has 1 N–H and O–H groups in total. The van der Waals surface area contributed by atoms with Gasteiger partial charge in [0.2, 0.25) is 0 Å². The number of non-ortho nitro benzene ring substituents is 1. The van der Waals surface area contributed by atoms with Crippen LogP contribution in [0, 0.1) is 10.1 Å². The first-order valence-corrected chi connectivity index (χ1v) is 5.91. The molecule has 0 saturated heterocycles. The van der Waals surface area contributed by atoms with Gasteiger partial charge in [0.05, 0.1) is 4.92 Å². The molecule has 0 aliphatic carbocycles. The molecule has 0 unspecified atom stereocenters. The second-order valence-corrected chi connectivity index (χ2v) is 4.58. The third-order valence-electron chi connectivity index (χ3n) is 1.04. The Balaban J connectivity index is 0.000000336. The second kappa shape index (κ2) is 5.86. The lowest BCUT2D eigenvalue weighted by Gasteiger charge is -1.88. The summed E-state index contributed by atoms with van der Waals surface area (Å²) >= 11 is 5.49. The predicted molar refractivity (Wildman–Crippen MR) is 55.5 cm³/mol. The molecule has 1 aromatic carbocycles. The Morgan fingerprint density at radius 1 is 1.27 bits per heavy atom. The lowest BCUT2D eigenvalue weighted by atomic mass is 10.3. The van der Waals surface area contributed by atoms with Crippen LogP contribution in [-0.2, 0) is 9.33 Å². The molecule has 0 fully saturated rings. The zero-order valence-electron chi connectivity index (χ0n) is 7.00. The lowest BCUT2D eigenvalue weighted by molar-refractivity contribution is -0.384. The third-order valence-corrected chi connectivity index (χ3v) is 1.29. The Morgan fingerprint density at radius 2 is 1.60 bits per heavy atom. The number of rotatable bonds is 1. The van der Waals surface area contributed by atoms with Crippen molar-refractivity contribution >= 4 is 37.3 Å². The van der Waals surface area contributed by atoms with E-state index >= 15 is 0 Å². The number of halogens is 2. The molecule has 0 aromatic heterocycles. The van der Waals surface area contributed by atoms with Crippen molar-refractivity contribution in [3.8, 4) is 0 Å². The van der Waals surface area contributed by atoms with E-state index in [0.29, 0.717) is 5.02 Å². The Labute approximate surface area is 94.8 Å². The number of benzene rings is 1. The van der Waals surface area contributed by atoms with E-state index in [-0.39, 0.29) is 5.69 Å². The van der Waals surface area contributed by atoms with Crippen molar-refractivity contribution < 1.29 is 17.9 Å². The van der Waals surface area contributed by atoms with Crippen LogP contribution in [0.2, 0.25) is 5.02 Å². The molecule has 0 bridgehead atoms. The van der Waals surface area contributed by atoms with Crippen molar-refractivity contribution in [1.82, 2.24) is 0 Å². The first kappa shape index (κ1) is 14.1. The fraction of sp³-hybridized carbons (Fsp3) is 0. The van der Waals surface area contributed by atoms with E-state index in [1.165, 1.54) is 24.3 Å². The smallest absolute Gasteiger partial charge is 0.273 e. The highest BCUT2D eigenvalue weighted by Gasteiger charge is 2.01. The second-order valence-electron chi connectivity index (χ2n) is 2.15. The Hall–Kier alpha value is -0.890. The maximum atomic E-state index is 10.1. The van der Waals surface area contributed by atoms with Crippen LogP contribution in [0.15, 0.2) is 24.3 Å². The first-order valence-electron chi connectivity index (χ1n) is 3.27. The van der Waals surface area contributed by atoms with Crippen LogP contribution < -0.4 is 0 Å². The molecule has 84 valence electrons. The van der Waals surface area contributed by atoms with Gasteiger partial charge in [0.25, 0.3) is 5.69 Å². The van der Waals surface area contributed by atoms with Crippen molar-refractivity contribution in [3.05, 3.63) is 39.4 Å². The minimum atomic E-state index is -4.19. The standard InChI is InChI=1S/C6H4ClNO2.ClHO3S/c7-5-1-3-6(4-2-5)8(9)10;1-5(2,3)4/h1-4H;(H,2,3,4). The number of hydrogen-bond acceptors (Lipinski definition) is 4. The normalized spacial score (nSPS) is 10.1. The number of nitrogens with zero attached hydrogens (tertiary/aromatic N) is 1. The zero-order chi connectivity index (χ0) is 12.1. The SMILES string of the molecule is O=S(=O)(O)Cl.O=[N+]([O-])c1ccc(Cl)cc1. The topological polar surface area (TPSA) is 97.5 Å². The van der Waals surface area contributed by atoms with E-state index in [9.17, 15) is 10.1 Å². The molecule has 0 saturated carbocycles. The molecule has 6 nitrogen and oxygen atoms in total. The van der Waals surface area contributed by atoms with E-state index in [1.54, 1.807) is 0 Å². The van der Waals surface area contributed by atoms with Gasteiger partial charge in [-0.3, -0.25) is 14.7 Å². The van der Waals surface area contributed by atoms with Crippen LogP contribution in [-0.4, -0.2) is 17.9 Å². The molecule has 1 aromatic rings. The van der Waals surface area contributed by atoms with E-state index < -0.39 is 14.3 Å². The summed E-state index contributed by atoms with van der Waals surface area (Å²) in [5, 5.41) is 10.6. The molecule has 0 atom stereocenters. The molecular formula is C6H5Cl2NO5S. The lowest BCUT2D eigenvalue weighted by Crippen LogP contribution is -1.85. The molecule has 0 aliphatic rings. The van der Waals surface area contributed by atoms with Crippen LogP contribution in [0.5, 0.6) is 0 Å². The Bertz CT molecular complexity index is 421. The van der Waals surface area contributed by atoms with Crippen molar-refractivity contribution in [2.75, 3.05) is 0 Å². The highest BCUT2D eigenvalue weighted by atomic mass is 35.7. The van der Waals surface area contributed by atoms with Gasteiger partial charge in [0.1, 0.15) is 0 Å². The minimum Gasteiger partial charge on any atom is -0.273 e. The summed E-state index contributed by atoms with van der Waals surface area (Å²) in [6, 6.07) is 5.70. The molecule has 0 spiro atoms. The average molecular weight is 274 g/mol. The highest BCUT2D eigenvalue weighted by Crippen LogP contribution is 2.14. The van der Waals surface area contributed by atoms with Gasteiger partial charge in [-0.15, -0.1) is 0 Å². The summed E-state index contributed by atoms with van der Waals surface area (Å²) in [5.41, 5.74) is 0.0596. The molecule has 0 heterocycles. The van der Waals surface area contributed by atoms with E-state index in [1.807, 2.05) is 0 Å². The minimum absolute atomic E-state index is 0.0596. The maximum Gasteiger partial charge on any atom is 0.353 e. The summed E-state index contributed by atoms with van der Waals surface area (Å²) < 4.78 is 25.2. The van der Waals surface area contributed by atoms with Crippen molar-refractivity contribution in [2.24, 2.45) is 0 Å². The molecule has 15 heavy (non-hydrogen) atoms. The van der Waals surface area contributed by atoms with Crippen LogP contribution in [0.1, 0.15) is 0 Å². The van der Waals surface area contributed by atoms with Gasteiger partial charge in [0, 0.05) is 27.8 Å². The quantitative estimate of drug-likeness (QED) is 0.366. The monoisotopic (exact) mass is 273 g/mol. The summed E-state index contributed by atoms with van der Waals surface area (Å²) in [5.74, 6) is 0. The first-order chi connectivity index (χ1) is 6.70. The molecule has 9 heteroatoms. The van der Waals surface area contributed by atoms with Crippen LogP contribution in [0.3, 0.4) is 0 Å². The fourth-order valence-electron chi connectivity index (χ4n) is 0.563. The summed E-state index contributed by atoms with van der Waals surface area (Å²) in [6.45, 7) is 0. The largest absolute Gasteiger partial charge is 0.353 e. The zero-order valence-corrected chi connectivity index (χ0v) is 9.33. The van der Waals surface area contributed by atoms with E-state index in [2.05, 4.69) is 10.7 Å². The summed E-state index contributed by atoms with van der Waals surface area (Å²) in [7, 11) is -0.137. The summed E-state index contributed by atoms with van der Waals surface area (Å²) in [4.78, 5) is 9.61. The van der Waals surface area contributed by atoms with E-state index in [0.717, 1.165) is 0 Å². The van der Waals surface area contributed by atoms with Gasteiger partial charge in [-0.2, -0.15) is 8.42 Å². The van der Waals surface area contributed by atoms with Gasteiger partial charge < -0.3 is 0 Å². The van der Waals surface area contributed by atoms with Gasteiger partial charge in [-0.25, -0.2) is 0 Å². The van der Waals surface area contributed by atoms with Gasteiger partial charge in [-0.05, 0) is 12.1 Å². The molecule has 1 rings (SSSR count). The van der Waals surface area contributed by atoms with Crippen LogP contribution in [0.4, 0.5) is 5.69 Å². The van der Waals surface area contributed by atoms with Gasteiger partial charge in [0.15, 0.2) is 0 Å². The highest BCUT2D eigenvalue weighted by molar-refractivity contribution is 8.09. The van der Waals surface area contributed by atoms with Crippen LogP contribution >= 0.6 is 22.3 Å². The third kappa shape index (κ3) is 9.42. The predicted octanol–water partition coefficient (Wildman–Crippen LogP) is 2.28. The van der Waals surface area contributed by atoms with Crippen molar-refractivity contribution in [2.45, 2.75) is 0 Å². The van der Waals surface area contributed by atoms with Crippen molar-refractivity contribution in [1.29, 1.82) is 0 Å². The number of hydrogen-bond donors (Lipinski definition) is 1. The Morgan fingerprint density at radius 3 is 1.87 bits per heavy atom. The molecule has 0 aliphatic heterocycles. The van der Waals surface area contributed by atoms with Crippen molar-refractivity contribution in [3.63, 3.8) is 0 Å².